The van der Waals surface area contributed by atoms with E-state index >= 15 is 0 Å². The number of benzene rings is 1. The number of ether oxygens (including phenoxy) is 1. The van der Waals surface area contributed by atoms with E-state index in [2.05, 4.69) is 16.5 Å². The third kappa shape index (κ3) is 4.79. The zero-order valence-electron chi connectivity index (χ0n) is 15.2. The van der Waals surface area contributed by atoms with Crippen molar-refractivity contribution >= 4 is 23.4 Å². The molecular weight excluding hydrogens is 357 g/mol. The van der Waals surface area contributed by atoms with Gasteiger partial charge in [0.2, 0.25) is 5.28 Å². The number of rotatable bonds is 4. The molecule has 0 spiro atoms. The van der Waals surface area contributed by atoms with Crippen molar-refractivity contribution in [3.8, 4) is 11.3 Å². The van der Waals surface area contributed by atoms with Crippen LogP contribution in [0.2, 0.25) is 5.28 Å². The van der Waals surface area contributed by atoms with Crippen LogP contribution in [0.3, 0.4) is 0 Å². The maximum absolute atomic E-state index is 14.2. The third-order valence-corrected chi connectivity index (χ3v) is 3.61. The molecule has 0 fully saturated rings. The fraction of sp³-hybridized carbons (Fsp3) is 0.316. The summed E-state index contributed by atoms with van der Waals surface area (Å²) in [7, 11) is 0. The molecule has 0 saturated heterocycles. The Balaban J connectivity index is 2.50. The highest BCUT2D eigenvalue weighted by Gasteiger charge is 2.23. The fourth-order valence-electron chi connectivity index (χ4n) is 2.30. The summed E-state index contributed by atoms with van der Waals surface area (Å²) in [6.07, 6.45) is 2.09. The van der Waals surface area contributed by atoms with Crippen molar-refractivity contribution in [1.29, 1.82) is 0 Å². The zero-order valence-corrected chi connectivity index (χ0v) is 16.0. The van der Waals surface area contributed by atoms with E-state index in [4.69, 9.17) is 16.3 Å². The van der Waals surface area contributed by atoms with Gasteiger partial charge < -0.3 is 4.74 Å². The number of hydrogen-bond donors (Lipinski definition) is 0. The molecule has 0 aliphatic rings. The van der Waals surface area contributed by atoms with E-state index in [-0.39, 0.29) is 17.5 Å². The number of halogens is 2. The molecule has 0 saturated carbocycles. The molecule has 0 N–H and O–H groups in total. The van der Waals surface area contributed by atoms with Crippen LogP contribution in [0.1, 0.15) is 26.3 Å². The molecule has 0 bridgehead atoms. The molecule has 2 rings (SSSR count). The Morgan fingerprint density at radius 3 is 2.73 bits per heavy atom. The lowest BCUT2D eigenvalue weighted by atomic mass is 10.0. The van der Waals surface area contributed by atoms with Gasteiger partial charge in [-0.1, -0.05) is 12.1 Å². The first-order chi connectivity index (χ1) is 12.1. The van der Waals surface area contributed by atoms with Crippen LogP contribution in [-0.2, 0) is 4.74 Å². The van der Waals surface area contributed by atoms with Crippen molar-refractivity contribution in [3.05, 3.63) is 53.7 Å². The van der Waals surface area contributed by atoms with Crippen LogP contribution in [0.5, 0.6) is 0 Å². The lowest BCUT2D eigenvalue weighted by molar-refractivity contribution is 0.0584. The normalized spacial score (nSPS) is 11.2. The minimum atomic E-state index is -0.643. The van der Waals surface area contributed by atoms with E-state index in [0.29, 0.717) is 11.3 Å². The molecular formula is C19H21ClFN3O2. The van der Waals surface area contributed by atoms with E-state index in [9.17, 15) is 9.18 Å². The van der Waals surface area contributed by atoms with E-state index in [1.165, 1.54) is 4.90 Å². The molecule has 1 amide bonds. The van der Waals surface area contributed by atoms with Crippen molar-refractivity contribution in [2.75, 3.05) is 11.4 Å². The maximum atomic E-state index is 14.2. The summed E-state index contributed by atoms with van der Waals surface area (Å²) in [4.78, 5) is 21.6. The lowest BCUT2D eigenvalue weighted by Crippen LogP contribution is -2.37. The SMILES string of the molecule is C=CCN(C(=O)OC(C)(C)C)c1ccc(C)c(-c2nc(Cl)ncc2F)c1. The smallest absolute Gasteiger partial charge is 0.415 e. The van der Waals surface area contributed by atoms with Crippen LogP contribution in [0.15, 0.2) is 37.1 Å². The van der Waals surface area contributed by atoms with E-state index in [1.54, 1.807) is 45.0 Å². The van der Waals surface area contributed by atoms with Crippen LogP contribution < -0.4 is 4.90 Å². The molecule has 0 aliphatic carbocycles. The summed E-state index contributed by atoms with van der Waals surface area (Å²) < 4.78 is 19.6. The molecule has 138 valence electrons. The first-order valence-electron chi connectivity index (χ1n) is 8.03. The molecule has 7 heteroatoms. The molecule has 1 heterocycles. The Hall–Kier alpha value is -2.47. The Kier molecular flexibility index (Phi) is 5.97. The molecule has 2 aromatic rings. The van der Waals surface area contributed by atoms with Gasteiger partial charge in [0.15, 0.2) is 5.82 Å². The standard InChI is InChI=1S/C19H21ClFN3O2/c1-6-9-24(18(25)26-19(3,4)5)13-8-7-12(2)14(10-13)16-15(21)11-22-17(20)23-16/h6-8,10-11H,1,9H2,2-5H3. The number of carbonyl (C=O) groups excluding carboxylic acids is 1. The maximum Gasteiger partial charge on any atom is 0.415 e. The number of carbonyl (C=O) groups is 1. The first kappa shape index (κ1) is 19.8. The quantitative estimate of drug-likeness (QED) is 0.544. The summed E-state index contributed by atoms with van der Waals surface area (Å²) in [6, 6.07) is 5.21. The van der Waals surface area contributed by atoms with Gasteiger partial charge in [-0.2, -0.15) is 0 Å². The minimum absolute atomic E-state index is 0.0544. The summed E-state index contributed by atoms with van der Waals surface area (Å²) in [5.41, 5.74) is 1.27. The minimum Gasteiger partial charge on any atom is -0.443 e. The first-order valence-corrected chi connectivity index (χ1v) is 8.40. The van der Waals surface area contributed by atoms with Gasteiger partial charge >= 0.3 is 6.09 Å². The van der Waals surface area contributed by atoms with Crippen LogP contribution in [0.4, 0.5) is 14.9 Å². The molecule has 0 radical (unpaired) electrons. The van der Waals surface area contributed by atoms with Crippen molar-refractivity contribution < 1.29 is 13.9 Å². The average Bonchev–Trinajstić information content (AvgIpc) is 2.54. The highest BCUT2D eigenvalue weighted by Crippen LogP contribution is 2.30. The second kappa shape index (κ2) is 7.83. The van der Waals surface area contributed by atoms with Gasteiger partial charge in [0.25, 0.3) is 0 Å². The molecule has 0 unspecified atom stereocenters. The predicted molar refractivity (Wildman–Crippen MR) is 101 cm³/mol. The average molecular weight is 378 g/mol. The van der Waals surface area contributed by atoms with Crippen molar-refractivity contribution in [3.63, 3.8) is 0 Å². The van der Waals surface area contributed by atoms with Crippen LogP contribution in [0.25, 0.3) is 11.3 Å². The summed E-state index contributed by atoms with van der Waals surface area (Å²) in [5.74, 6) is -0.595. The number of anilines is 1. The van der Waals surface area contributed by atoms with Gasteiger partial charge in [-0.25, -0.2) is 19.2 Å². The summed E-state index contributed by atoms with van der Waals surface area (Å²) in [5, 5.41) is -0.0544. The summed E-state index contributed by atoms with van der Waals surface area (Å²) >= 11 is 5.81. The number of aromatic nitrogens is 2. The van der Waals surface area contributed by atoms with Gasteiger partial charge in [0, 0.05) is 17.8 Å². The highest BCUT2D eigenvalue weighted by molar-refractivity contribution is 6.28. The Bertz CT molecular complexity index is 834. The predicted octanol–water partition coefficient (Wildman–Crippen LogP) is 5.17. The monoisotopic (exact) mass is 377 g/mol. The number of nitrogens with zero attached hydrogens (tertiary/aromatic N) is 3. The molecule has 1 aromatic heterocycles. The van der Waals surface area contributed by atoms with Gasteiger partial charge in [0.05, 0.1) is 6.20 Å². The number of aryl methyl sites for hydroxylation is 1. The van der Waals surface area contributed by atoms with E-state index < -0.39 is 17.5 Å². The second-order valence-corrected chi connectivity index (χ2v) is 7.05. The Morgan fingerprint density at radius 1 is 1.42 bits per heavy atom. The number of hydrogen-bond acceptors (Lipinski definition) is 4. The van der Waals surface area contributed by atoms with Crippen molar-refractivity contribution in [2.24, 2.45) is 0 Å². The molecule has 0 atom stereocenters. The highest BCUT2D eigenvalue weighted by atomic mass is 35.5. The zero-order chi connectivity index (χ0) is 19.5. The number of amides is 1. The summed E-state index contributed by atoms with van der Waals surface area (Å²) in [6.45, 7) is 11.1. The topological polar surface area (TPSA) is 55.3 Å². The van der Waals surface area contributed by atoms with Crippen molar-refractivity contribution in [1.82, 2.24) is 9.97 Å². The Labute approximate surface area is 157 Å². The van der Waals surface area contributed by atoms with E-state index in [0.717, 1.165) is 11.8 Å². The Morgan fingerprint density at radius 2 is 2.12 bits per heavy atom. The van der Waals surface area contributed by atoms with Gasteiger partial charge in [-0.15, -0.1) is 6.58 Å². The molecule has 5 nitrogen and oxygen atoms in total. The lowest BCUT2D eigenvalue weighted by Gasteiger charge is -2.27. The van der Waals surface area contributed by atoms with E-state index in [1.807, 2.05) is 6.92 Å². The van der Waals surface area contributed by atoms with Crippen LogP contribution in [-0.4, -0.2) is 28.2 Å². The molecule has 26 heavy (non-hydrogen) atoms. The second-order valence-electron chi connectivity index (χ2n) is 6.71. The van der Waals surface area contributed by atoms with Crippen molar-refractivity contribution in [2.45, 2.75) is 33.3 Å². The van der Waals surface area contributed by atoms with Gasteiger partial charge in [0.1, 0.15) is 11.3 Å². The molecule has 0 aliphatic heterocycles. The molecule has 1 aromatic carbocycles. The largest absolute Gasteiger partial charge is 0.443 e. The fourth-order valence-corrected chi connectivity index (χ4v) is 2.43. The van der Waals surface area contributed by atoms with Gasteiger partial charge in [-0.3, -0.25) is 4.90 Å². The van der Waals surface area contributed by atoms with Gasteiger partial charge in [-0.05, 0) is 57.0 Å². The van der Waals surface area contributed by atoms with Crippen LogP contribution >= 0.6 is 11.6 Å². The van der Waals surface area contributed by atoms with Crippen LogP contribution in [0, 0.1) is 12.7 Å². The third-order valence-electron chi connectivity index (χ3n) is 3.43.